The zero-order valence-corrected chi connectivity index (χ0v) is 16.5. The Balaban J connectivity index is 1.55. The van der Waals surface area contributed by atoms with Crippen LogP contribution >= 0.6 is 11.6 Å². The molecule has 146 valence electrons. The van der Waals surface area contributed by atoms with Crippen LogP contribution in [0.3, 0.4) is 0 Å². The third kappa shape index (κ3) is 3.76. The molecule has 2 amide bonds. The van der Waals surface area contributed by atoms with Crippen LogP contribution in [0.1, 0.15) is 43.7 Å². The Labute approximate surface area is 170 Å². The fraction of sp³-hybridized carbons (Fsp3) is 0.409. The van der Waals surface area contributed by atoms with Gasteiger partial charge in [0.15, 0.2) is 0 Å². The molecule has 2 atom stereocenters. The minimum Gasteiger partial charge on any atom is -0.335 e. The van der Waals surface area contributed by atoms with Gasteiger partial charge in [-0.2, -0.15) is 0 Å². The van der Waals surface area contributed by atoms with Crippen molar-refractivity contribution >= 4 is 29.1 Å². The second-order valence-corrected chi connectivity index (χ2v) is 7.92. The maximum absolute atomic E-state index is 13.4. The summed E-state index contributed by atoms with van der Waals surface area (Å²) in [5.41, 5.74) is 1.90. The van der Waals surface area contributed by atoms with Gasteiger partial charge in [-0.15, -0.1) is 0 Å². The number of carbonyl (C=O) groups is 2. The number of hydrogen-bond donors (Lipinski definition) is 0. The molecule has 2 aliphatic heterocycles. The lowest BCUT2D eigenvalue weighted by Gasteiger charge is -2.32. The van der Waals surface area contributed by atoms with Gasteiger partial charge in [0.25, 0.3) is 0 Å². The second kappa shape index (κ2) is 8.31. The van der Waals surface area contributed by atoms with E-state index in [0.717, 1.165) is 36.9 Å². The molecule has 0 aliphatic carbocycles. The third-order valence-electron chi connectivity index (χ3n) is 5.77. The SMILES string of the molecule is O=C1C(C(=O)N2CCCCCC2c2ccncc2)CCN1c1ccc(Cl)cc1. The molecular weight excluding hydrogens is 374 g/mol. The van der Waals surface area contributed by atoms with Gasteiger partial charge in [-0.05, 0) is 61.2 Å². The summed E-state index contributed by atoms with van der Waals surface area (Å²) in [5.74, 6) is -0.742. The summed E-state index contributed by atoms with van der Waals surface area (Å²) in [7, 11) is 0. The van der Waals surface area contributed by atoms with Crippen molar-refractivity contribution in [3.05, 3.63) is 59.4 Å². The molecule has 2 unspecified atom stereocenters. The van der Waals surface area contributed by atoms with Gasteiger partial charge >= 0.3 is 0 Å². The Kier molecular flexibility index (Phi) is 5.62. The fourth-order valence-corrected chi connectivity index (χ4v) is 4.42. The number of carbonyl (C=O) groups excluding carboxylic acids is 2. The normalized spacial score (nSPS) is 23.0. The van der Waals surface area contributed by atoms with Gasteiger partial charge in [-0.3, -0.25) is 14.6 Å². The smallest absolute Gasteiger partial charge is 0.239 e. The molecule has 1 aromatic heterocycles. The first kappa shape index (κ1) is 18.9. The van der Waals surface area contributed by atoms with E-state index in [2.05, 4.69) is 4.98 Å². The number of amides is 2. The Hall–Kier alpha value is -2.40. The summed E-state index contributed by atoms with van der Waals surface area (Å²) in [6, 6.07) is 11.2. The Morgan fingerprint density at radius 3 is 2.46 bits per heavy atom. The quantitative estimate of drug-likeness (QED) is 0.728. The summed E-state index contributed by atoms with van der Waals surface area (Å²) in [6.07, 6.45) is 8.21. The number of likely N-dealkylation sites (tertiary alicyclic amines) is 1. The van der Waals surface area contributed by atoms with Crippen molar-refractivity contribution in [3.8, 4) is 0 Å². The van der Waals surface area contributed by atoms with Crippen LogP contribution in [-0.4, -0.2) is 34.8 Å². The van der Waals surface area contributed by atoms with Crippen molar-refractivity contribution < 1.29 is 9.59 Å². The standard InChI is InChI=1S/C22H24ClN3O2/c23-17-5-7-18(8-6-17)25-15-11-19(21(25)27)22(28)26-14-3-1-2-4-20(26)16-9-12-24-13-10-16/h5-10,12-13,19-20H,1-4,11,14-15H2. The first-order chi connectivity index (χ1) is 13.6. The van der Waals surface area contributed by atoms with Crippen LogP contribution in [0.4, 0.5) is 5.69 Å². The Bertz CT molecular complexity index is 841. The molecule has 2 aromatic rings. The molecule has 5 nitrogen and oxygen atoms in total. The van der Waals surface area contributed by atoms with E-state index in [9.17, 15) is 9.59 Å². The van der Waals surface area contributed by atoms with Gasteiger partial charge in [0.2, 0.25) is 11.8 Å². The number of rotatable bonds is 3. The zero-order valence-electron chi connectivity index (χ0n) is 15.8. The molecule has 1 aromatic carbocycles. The van der Waals surface area contributed by atoms with Gasteiger partial charge in [0.1, 0.15) is 5.92 Å². The lowest BCUT2D eigenvalue weighted by atomic mass is 9.99. The van der Waals surface area contributed by atoms with Crippen LogP contribution in [0.25, 0.3) is 0 Å². The highest BCUT2D eigenvalue weighted by molar-refractivity contribution is 6.30. The van der Waals surface area contributed by atoms with Gasteiger partial charge in [-0.1, -0.05) is 24.4 Å². The minimum atomic E-state index is -0.599. The molecule has 3 heterocycles. The molecule has 28 heavy (non-hydrogen) atoms. The number of anilines is 1. The minimum absolute atomic E-state index is 0.0235. The van der Waals surface area contributed by atoms with E-state index in [4.69, 9.17) is 11.6 Å². The van der Waals surface area contributed by atoms with Crippen LogP contribution < -0.4 is 4.90 Å². The van der Waals surface area contributed by atoms with E-state index in [-0.39, 0.29) is 17.9 Å². The predicted octanol–water partition coefficient (Wildman–Crippen LogP) is 4.23. The van der Waals surface area contributed by atoms with Gasteiger partial charge in [0, 0.05) is 36.2 Å². The topological polar surface area (TPSA) is 53.5 Å². The molecule has 0 bridgehead atoms. The highest BCUT2D eigenvalue weighted by Crippen LogP contribution is 2.34. The lowest BCUT2D eigenvalue weighted by molar-refractivity contribution is -0.141. The van der Waals surface area contributed by atoms with Crippen molar-refractivity contribution in [1.82, 2.24) is 9.88 Å². The van der Waals surface area contributed by atoms with Crippen molar-refractivity contribution in [2.24, 2.45) is 5.92 Å². The Morgan fingerprint density at radius 2 is 1.71 bits per heavy atom. The number of benzene rings is 1. The number of nitrogens with zero attached hydrogens (tertiary/aromatic N) is 3. The molecule has 2 fully saturated rings. The van der Waals surface area contributed by atoms with Crippen LogP contribution in [0.2, 0.25) is 5.02 Å². The van der Waals surface area contributed by atoms with E-state index in [1.54, 1.807) is 29.4 Å². The monoisotopic (exact) mass is 397 g/mol. The number of hydrogen-bond acceptors (Lipinski definition) is 3. The van der Waals surface area contributed by atoms with Crippen LogP contribution in [-0.2, 0) is 9.59 Å². The van der Waals surface area contributed by atoms with Crippen molar-refractivity contribution in [1.29, 1.82) is 0 Å². The van der Waals surface area contributed by atoms with Crippen molar-refractivity contribution in [3.63, 3.8) is 0 Å². The number of aromatic nitrogens is 1. The van der Waals surface area contributed by atoms with E-state index in [1.807, 2.05) is 29.2 Å². The average molecular weight is 398 g/mol. The molecule has 0 saturated carbocycles. The maximum Gasteiger partial charge on any atom is 0.239 e. The molecule has 0 spiro atoms. The van der Waals surface area contributed by atoms with Crippen molar-refractivity contribution in [2.45, 2.75) is 38.1 Å². The number of pyridine rings is 1. The first-order valence-corrected chi connectivity index (χ1v) is 10.3. The van der Waals surface area contributed by atoms with E-state index >= 15 is 0 Å². The van der Waals surface area contributed by atoms with Gasteiger partial charge < -0.3 is 9.80 Å². The summed E-state index contributed by atoms with van der Waals surface area (Å²) in [4.78, 5) is 34.2. The first-order valence-electron chi connectivity index (χ1n) is 9.92. The summed E-state index contributed by atoms with van der Waals surface area (Å²) in [5, 5.41) is 0.632. The summed E-state index contributed by atoms with van der Waals surface area (Å²) >= 11 is 5.96. The van der Waals surface area contributed by atoms with Gasteiger partial charge in [-0.25, -0.2) is 0 Å². The second-order valence-electron chi connectivity index (χ2n) is 7.48. The van der Waals surface area contributed by atoms with Gasteiger partial charge in [0.05, 0.1) is 6.04 Å². The van der Waals surface area contributed by atoms with Crippen LogP contribution in [0, 0.1) is 5.92 Å². The molecule has 0 N–H and O–H groups in total. The summed E-state index contributed by atoms with van der Waals surface area (Å²) in [6.45, 7) is 1.27. The molecule has 6 heteroatoms. The van der Waals surface area contributed by atoms with E-state index in [0.29, 0.717) is 24.5 Å². The van der Waals surface area contributed by atoms with E-state index in [1.165, 1.54) is 0 Å². The third-order valence-corrected chi connectivity index (χ3v) is 6.02. The fourth-order valence-electron chi connectivity index (χ4n) is 4.29. The molecule has 2 aliphatic rings. The van der Waals surface area contributed by atoms with Crippen LogP contribution in [0.15, 0.2) is 48.8 Å². The molecule has 4 rings (SSSR count). The molecule has 0 radical (unpaired) electrons. The zero-order chi connectivity index (χ0) is 19.5. The molecular formula is C22H24ClN3O2. The van der Waals surface area contributed by atoms with Crippen molar-refractivity contribution in [2.75, 3.05) is 18.0 Å². The average Bonchev–Trinajstić information content (AvgIpc) is 2.94. The maximum atomic E-state index is 13.4. The highest BCUT2D eigenvalue weighted by Gasteiger charge is 2.41. The van der Waals surface area contributed by atoms with Crippen LogP contribution in [0.5, 0.6) is 0 Å². The summed E-state index contributed by atoms with van der Waals surface area (Å²) < 4.78 is 0. The molecule has 2 saturated heterocycles. The van der Waals surface area contributed by atoms with E-state index < -0.39 is 5.92 Å². The Morgan fingerprint density at radius 1 is 0.964 bits per heavy atom. The number of halogens is 1. The largest absolute Gasteiger partial charge is 0.335 e. The highest BCUT2D eigenvalue weighted by atomic mass is 35.5. The lowest BCUT2D eigenvalue weighted by Crippen LogP contribution is -2.42. The predicted molar refractivity (Wildman–Crippen MR) is 109 cm³/mol.